The maximum atomic E-state index is 12.9. The first-order chi connectivity index (χ1) is 12.2. The lowest BCUT2D eigenvalue weighted by atomic mass is 10.2. The number of imidazole rings is 1. The number of halogens is 1. The summed E-state index contributed by atoms with van der Waals surface area (Å²) in [6.07, 6.45) is 1.60. The van der Waals surface area contributed by atoms with Crippen LogP contribution < -0.4 is 5.56 Å². The zero-order chi connectivity index (χ0) is 17.4. The molecule has 0 unspecified atom stereocenters. The summed E-state index contributed by atoms with van der Waals surface area (Å²) < 4.78 is 12.2. The molecule has 3 heterocycles. The van der Waals surface area contributed by atoms with E-state index in [1.165, 1.54) is 16.4 Å². The van der Waals surface area contributed by atoms with Gasteiger partial charge in [0.2, 0.25) is 0 Å². The summed E-state index contributed by atoms with van der Waals surface area (Å²) in [5, 5.41) is 4.24. The quantitative estimate of drug-likeness (QED) is 0.481. The van der Waals surface area contributed by atoms with Gasteiger partial charge in [-0.15, -0.1) is 5.92 Å². The van der Waals surface area contributed by atoms with Crippen molar-refractivity contribution in [2.75, 3.05) is 0 Å². The van der Waals surface area contributed by atoms with E-state index in [0.29, 0.717) is 28.9 Å². The van der Waals surface area contributed by atoms with Gasteiger partial charge in [0.25, 0.3) is 5.56 Å². The number of hydrogen-bond donors (Lipinski definition) is 0. The summed E-state index contributed by atoms with van der Waals surface area (Å²) in [6.45, 7) is 2.50. The molecule has 7 nitrogen and oxygen atoms in total. The lowest BCUT2D eigenvalue weighted by molar-refractivity contribution is 0.642. The molecular weight excluding hydrogens is 404 g/mol. The van der Waals surface area contributed by atoms with Crippen molar-refractivity contribution in [2.24, 2.45) is 0 Å². The summed E-state index contributed by atoms with van der Waals surface area (Å²) >= 11 is 4.55. The van der Waals surface area contributed by atoms with Gasteiger partial charge in [0, 0.05) is 0 Å². The summed E-state index contributed by atoms with van der Waals surface area (Å²) in [7, 11) is 0. The van der Waals surface area contributed by atoms with Crippen LogP contribution in [0.1, 0.15) is 12.5 Å². The Morgan fingerprint density at radius 3 is 2.92 bits per heavy atom. The average Bonchev–Trinajstić information content (AvgIpc) is 3.19. The summed E-state index contributed by atoms with van der Waals surface area (Å²) in [4.78, 5) is 17.2. The van der Waals surface area contributed by atoms with E-state index in [-0.39, 0.29) is 5.56 Å². The molecule has 0 saturated carbocycles. The van der Waals surface area contributed by atoms with Gasteiger partial charge in [0.05, 0.1) is 31.0 Å². The summed E-state index contributed by atoms with van der Waals surface area (Å²) in [6, 6.07) is 5.75. The Kier molecular flexibility index (Phi) is 4.07. The Balaban J connectivity index is 1.80. The fraction of sp³-hybridized carbons (Fsp3) is 0.188. The van der Waals surface area contributed by atoms with Crippen molar-refractivity contribution in [3.63, 3.8) is 0 Å². The topological polar surface area (TPSA) is 78.5 Å². The SMILES string of the molecule is CC#CCn1c(Br)nc2cnn(Cc3ccc4nsnc4c3)c(=O)c21. The Bertz CT molecular complexity index is 1210. The molecule has 0 aliphatic rings. The molecule has 0 bridgehead atoms. The molecule has 124 valence electrons. The smallest absolute Gasteiger partial charge is 0.293 e. The number of nitrogens with zero attached hydrogens (tertiary/aromatic N) is 6. The maximum Gasteiger partial charge on any atom is 0.293 e. The van der Waals surface area contributed by atoms with Crippen LogP contribution in [0.15, 0.2) is 33.9 Å². The molecule has 3 aromatic heterocycles. The minimum Gasteiger partial charge on any atom is -0.302 e. The van der Waals surface area contributed by atoms with Gasteiger partial charge in [-0.05, 0) is 40.5 Å². The largest absolute Gasteiger partial charge is 0.302 e. The molecule has 0 saturated heterocycles. The Morgan fingerprint density at radius 1 is 1.24 bits per heavy atom. The van der Waals surface area contributed by atoms with Crippen molar-refractivity contribution in [2.45, 2.75) is 20.0 Å². The van der Waals surface area contributed by atoms with Gasteiger partial charge in [-0.1, -0.05) is 12.0 Å². The van der Waals surface area contributed by atoms with E-state index in [1.807, 2.05) is 18.2 Å². The van der Waals surface area contributed by atoms with Crippen LogP contribution in [0.5, 0.6) is 0 Å². The first-order valence-corrected chi connectivity index (χ1v) is 8.92. The number of rotatable bonds is 3. The van der Waals surface area contributed by atoms with E-state index in [0.717, 1.165) is 16.6 Å². The monoisotopic (exact) mass is 414 g/mol. The first-order valence-electron chi connectivity index (χ1n) is 7.40. The third-order valence-electron chi connectivity index (χ3n) is 3.77. The predicted octanol–water partition coefficient (Wildman–Crippen LogP) is 2.43. The zero-order valence-corrected chi connectivity index (χ0v) is 15.5. The van der Waals surface area contributed by atoms with Crippen LogP contribution in [-0.4, -0.2) is 28.1 Å². The number of aromatic nitrogens is 6. The third-order valence-corrected chi connectivity index (χ3v) is 4.93. The second-order valence-corrected chi connectivity index (χ2v) is 6.56. The number of hydrogen-bond acceptors (Lipinski definition) is 6. The van der Waals surface area contributed by atoms with Gasteiger partial charge in [-0.2, -0.15) is 13.8 Å². The zero-order valence-electron chi connectivity index (χ0n) is 13.1. The molecule has 0 fully saturated rings. The predicted molar refractivity (Wildman–Crippen MR) is 99.5 cm³/mol. The van der Waals surface area contributed by atoms with E-state index in [9.17, 15) is 4.79 Å². The Morgan fingerprint density at radius 2 is 2.08 bits per heavy atom. The second kappa shape index (κ2) is 6.38. The summed E-state index contributed by atoms with van der Waals surface area (Å²) in [5.74, 6) is 5.79. The molecule has 0 N–H and O–H groups in total. The fourth-order valence-corrected chi connectivity index (χ4v) is 3.58. The third kappa shape index (κ3) is 2.83. The van der Waals surface area contributed by atoms with Gasteiger partial charge >= 0.3 is 0 Å². The second-order valence-electron chi connectivity index (χ2n) is 5.32. The van der Waals surface area contributed by atoms with Gasteiger partial charge in [-0.3, -0.25) is 4.79 Å². The highest BCUT2D eigenvalue weighted by Gasteiger charge is 2.14. The van der Waals surface area contributed by atoms with Crippen LogP contribution in [0.2, 0.25) is 0 Å². The standard InChI is InChI=1S/C16H11BrN6OS/c1-2-3-6-22-14-13(19-16(22)17)8-18-23(15(14)24)9-10-4-5-11-12(7-10)21-25-20-11/h4-5,7-8H,6,9H2,1H3. The summed E-state index contributed by atoms with van der Waals surface area (Å²) in [5.41, 5.74) is 3.44. The normalized spacial score (nSPS) is 11.0. The molecule has 0 aliphatic heterocycles. The molecule has 0 atom stereocenters. The Labute approximate surface area is 154 Å². The van der Waals surface area contributed by atoms with Crippen LogP contribution in [0, 0.1) is 11.8 Å². The molecule has 1 aromatic carbocycles. The molecular formula is C16H11BrN6OS. The number of benzene rings is 1. The van der Waals surface area contributed by atoms with E-state index in [4.69, 9.17) is 0 Å². The minimum absolute atomic E-state index is 0.204. The molecule has 4 rings (SSSR count). The maximum absolute atomic E-state index is 12.9. The highest BCUT2D eigenvalue weighted by molar-refractivity contribution is 9.10. The van der Waals surface area contributed by atoms with Crippen LogP contribution in [0.4, 0.5) is 0 Å². The van der Waals surface area contributed by atoms with Crippen molar-refractivity contribution in [3.05, 3.63) is 45.0 Å². The van der Waals surface area contributed by atoms with Crippen LogP contribution in [0.25, 0.3) is 22.1 Å². The first kappa shape index (κ1) is 15.9. The van der Waals surface area contributed by atoms with Gasteiger partial charge < -0.3 is 4.57 Å². The highest BCUT2D eigenvalue weighted by Crippen LogP contribution is 2.17. The van der Waals surface area contributed by atoms with Crippen LogP contribution in [0.3, 0.4) is 0 Å². The number of fused-ring (bicyclic) bond motifs is 2. The van der Waals surface area contributed by atoms with Crippen molar-refractivity contribution >= 4 is 49.7 Å². The lowest BCUT2D eigenvalue weighted by Crippen LogP contribution is -2.25. The molecule has 0 radical (unpaired) electrons. The minimum atomic E-state index is -0.204. The van der Waals surface area contributed by atoms with Crippen molar-refractivity contribution in [3.8, 4) is 11.8 Å². The van der Waals surface area contributed by atoms with Crippen LogP contribution >= 0.6 is 27.7 Å². The van der Waals surface area contributed by atoms with Crippen LogP contribution in [-0.2, 0) is 13.1 Å². The molecule has 4 aromatic rings. The molecule has 0 amide bonds. The molecule has 0 aliphatic carbocycles. The van der Waals surface area contributed by atoms with E-state index in [1.54, 1.807) is 17.7 Å². The van der Waals surface area contributed by atoms with Gasteiger partial charge in [0.15, 0.2) is 4.73 Å². The van der Waals surface area contributed by atoms with Gasteiger partial charge in [-0.25, -0.2) is 9.67 Å². The fourth-order valence-electron chi connectivity index (χ4n) is 2.57. The van der Waals surface area contributed by atoms with Crippen molar-refractivity contribution in [1.29, 1.82) is 0 Å². The van der Waals surface area contributed by atoms with E-state index in [2.05, 4.69) is 46.6 Å². The lowest BCUT2D eigenvalue weighted by Gasteiger charge is -2.06. The Hall–Kier alpha value is -2.57. The van der Waals surface area contributed by atoms with Gasteiger partial charge in [0.1, 0.15) is 22.1 Å². The average molecular weight is 415 g/mol. The molecule has 9 heteroatoms. The van der Waals surface area contributed by atoms with E-state index < -0.39 is 0 Å². The van der Waals surface area contributed by atoms with Crippen molar-refractivity contribution < 1.29 is 0 Å². The molecule has 25 heavy (non-hydrogen) atoms. The van der Waals surface area contributed by atoms with E-state index >= 15 is 0 Å². The van der Waals surface area contributed by atoms with Crippen molar-refractivity contribution in [1.82, 2.24) is 28.1 Å². The highest BCUT2D eigenvalue weighted by atomic mass is 79.9. The molecule has 0 spiro atoms.